The number of nitrogens with one attached hydrogen (secondary N) is 1. The Kier molecular flexibility index (Phi) is 5.28. The summed E-state index contributed by atoms with van der Waals surface area (Å²) in [5.74, 6) is -1.19. The van der Waals surface area contributed by atoms with Crippen LogP contribution in [0.3, 0.4) is 0 Å². The molecule has 0 aliphatic rings. The smallest absolute Gasteiger partial charge is 0.335 e. The number of aromatic carboxylic acids is 1. The van der Waals surface area contributed by atoms with Gasteiger partial charge in [-0.05, 0) is 54.6 Å². The molecule has 2 N–H and O–H groups in total. The summed E-state index contributed by atoms with van der Waals surface area (Å²) in [5.41, 5.74) is 1.50. The average molecular weight is 381 g/mol. The molecule has 0 unspecified atom stereocenters. The molecule has 7 nitrogen and oxygen atoms in total. The highest BCUT2D eigenvalue weighted by atomic mass is 32.2. The first-order valence-electron chi connectivity index (χ1n) is 7.87. The molecule has 3 aromatic carbocycles. The molecule has 8 heteroatoms. The molecule has 136 valence electrons. The first kappa shape index (κ1) is 18.3. The number of hydrogen-bond donors (Lipinski definition) is 2. The monoisotopic (exact) mass is 381 g/mol. The third kappa shape index (κ3) is 4.77. The normalized spacial score (nSPS) is 11.4. The maximum Gasteiger partial charge on any atom is 0.335 e. The van der Waals surface area contributed by atoms with Crippen LogP contribution in [0.25, 0.3) is 0 Å². The van der Waals surface area contributed by atoms with Gasteiger partial charge in [0.05, 0.1) is 21.8 Å². The van der Waals surface area contributed by atoms with E-state index in [4.69, 9.17) is 5.11 Å². The summed E-state index contributed by atoms with van der Waals surface area (Å²) in [6.45, 7) is 0. The summed E-state index contributed by atoms with van der Waals surface area (Å²) in [7, 11) is -3.90. The standard InChI is InChI=1S/C19H15N3O4S/c23-19(24)14-5-4-8-18(13-14)27(25,26)22-17-11-9-16(10-12-17)21-20-15-6-2-1-3-7-15/h1-13,22H,(H,23,24). The van der Waals surface area contributed by atoms with E-state index in [1.54, 1.807) is 24.3 Å². The third-order valence-corrected chi connectivity index (χ3v) is 4.93. The predicted octanol–water partition coefficient (Wildman–Crippen LogP) is 4.60. The van der Waals surface area contributed by atoms with Gasteiger partial charge in [-0.2, -0.15) is 10.2 Å². The van der Waals surface area contributed by atoms with Crippen LogP contribution in [0.5, 0.6) is 0 Å². The number of sulfonamides is 1. The minimum atomic E-state index is -3.90. The second kappa shape index (κ2) is 7.79. The van der Waals surface area contributed by atoms with Crippen molar-refractivity contribution in [3.05, 3.63) is 84.4 Å². The maximum atomic E-state index is 12.4. The lowest BCUT2D eigenvalue weighted by Crippen LogP contribution is -2.13. The Morgan fingerprint density at radius 2 is 1.44 bits per heavy atom. The van der Waals surface area contributed by atoms with Crippen molar-refractivity contribution in [2.24, 2.45) is 10.2 Å². The highest BCUT2D eigenvalue weighted by Gasteiger charge is 2.16. The zero-order valence-electron chi connectivity index (χ0n) is 14.0. The van der Waals surface area contributed by atoms with Crippen molar-refractivity contribution >= 4 is 33.1 Å². The van der Waals surface area contributed by atoms with Crippen LogP contribution in [0.15, 0.2) is 94.0 Å². The van der Waals surface area contributed by atoms with Crippen LogP contribution in [0.1, 0.15) is 10.4 Å². The molecule has 0 fully saturated rings. The fourth-order valence-electron chi connectivity index (χ4n) is 2.22. The molecule has 0 amide bonds. The van der Waals surface area contributed by atoms with Gasteiger partial charge in [0.1, 0.15) is 0 Å². The first-order valence-corrected chi connectivity index (χ1v) is 9.35. The summed E-state index contributed by atoms with van der Waals surface area (Å²) in [5, 5.41) is 17.2. The second-order valence-corrected chi connectivity index (χ2v) is 7.20. The highest BCUT2D eigenvalue weighted by molar-refractivity contribution is 7.92. The van der Waals surface area contributed by atoms with Gasteiger partial charge in [0.15, 0.2) is 0 Å². The topological polar surface area (TPSA) is 108 Å². The van der Waals surface area contributed by atoms with Gasteiger partial charge in [0.2, 0.25) is 0 Å². The quantitative estimate of drug-likeness (QED) is 0.608. The Labute approximate surface area is 156 Å². The molecule has 0 radical (unpaired) electrons. The van der Waals surface area contributed by atoms with E-state index in [2.05, 4.69) is 15.0 Å². The number of rotatable bonds is 6. The Bertz CT molecular complexity index is 1080. The summed E-state index contributed by atoms with van der Waals surface area (Å²) in [6.07, 6.45) is 0. The molecular formula is C19H15N3O4S. The third-order valence-electron chi connectivity index (χ3n) is 3.55. The molecule has 0 atom stereocenters. The van der Waals surface area contributed by atoms with Crippen molar-refractivity contribution in [1.29, 1.82) is 0 Å². The Morgan fingerprint density at radius 1 is 0.815 bits per heavy atom. The molecule has 0 spiro atoms. The van der Waals surface area contributed by atoms with Gasteiger partial charge >= 0.3 is 5.97 Å². The van der Waals surface area contributed by atoms with Crippen LogP contribution >= 0.6 is 0 Å². The van der Waals surface area contributed by atoms with Crippen LogP contribution in [-0.4, -0.2) is 19.5 Å². The number of benzene rings is 3. The van der Waals surface area contributed by atoms with Crippen LogP contribution in [0.2, 0.25) is 0 Å². The van der Waals surface area contributed by atoms with Gasteiger partial charge in [0, 0.05) is 5.69 Å². The summed E-state index contributed by atoms with van der Waals surface area (Å²) in [6, 6.07) is 20.7. The lowest BCUT2D eigenvalue weighted by atomic mass is 10.2. The number of carboxylic acid groups (broad SMARTS) is 1. The SMILES string of the molecule is O=C(O)c1cccc(S(=O)(=O)Nc2ccc(N=Nc3ccccc3)cc2)c1. The van der Waals surface area contributed by atoms with Crippen LogP contribution in [0, 0.1) is 0 Å². The number of hydrogen-bond acceptors (Lipinski definition) is 5. The summed E-state index contributed by atoms with van der Waals surface area (Å²) >= 11 is 0. The van der Waals surface area contributed by atoms with Crippen LogP contribution < -0.4 is 4.72 Å². The molecular weight excluding hydrogens is 366 g/mol. The molecule has 27 heavy (non-hydrogen) atoms. The highest BCUT2D eigenvalue weighted by Crippen LogP contribution is 2.22. The fraction of sp³-hybridized carbons (Fsp3) is 0. The lowest BCUT2D eigenvalue weighted by molar-refractivity contribution is 0.0696. The zero-order valence-corrected chi connectivity index (χ0v) is 14.8. The number of anilines is 1. The van der Waals surface area contributed by atoms with Gasteiger partial charge in [-0.1, -0.05) is 24.3 Å². The molecule has 0 aliphatic carbocycles. The Hall–Kier alpha value is -3.52. The number of nitrogens with zero attached hydrogens (tertiary/aromatic N) is 2. The Balaban J connectivity index is 1.75. The molecule has 0 bridgehead atoms. The van der Waals surface area contributed by atoms with E-state index in [-0.39, 0.29) is 10.5 Å². The lowest BCUT2D eigenvalue weighted by Gasteiger charge is -2.08. The van der Waals surface area contributed by atoms with E-state index >= 15 is 0 Å². The van der Waals surface area contributed by atoms with Gasteiger partial charge in [-0.3, -0.25) is 4.72 Å². The minimum Gasteiger partial charge on any atom is -0.478 e. The van der Waals surface area contributed by atoms with Gasteiger partial charge < -0.3 is 5.11 Å². The van der Waals surface area contributed by atoms with Gasteiger partial charge in [-0.25, -0.2) is 13.2 Å². The van der Waals surface area contributed by atoms with Crippen molar-refractivity contribution < 1.29 is 18.3 Å². The second-order valence-electron chi connectivity index (χ2n) is 5.52. The number of carboxylic acids is 1. The van der Waals surface area contributed by atoms with E-state index in [1.807, 2.05) is 30.3 Å². The van der Waals surface area contributed by atoms with Crippen molar-refractivity contribution in [1.82, 2.24) is 0 Å². The predicted molar refractivity (Wildman–Crippen MR) is 101 cm³/mol. The molecule has 0 aromatic heterocycles. The Morgan fingerprint density at radius 3 is 2.07 bits per heavy atom. The minimum absolute atomic E-state index is 0.102. The molecule has 0 aliphatic heterocycles. The molecule has 0 saturated heterocycles. The summed E-state index contributed by atoms with van der Waals surface area (Å²) < 4.78 is 27.3. The number of azo groups is 1. The maximum absolute atomic E-state index is 12.4. The van der Waals surface area contributed by atoms with Crippen molar-refractivity contribution in [2.45, 2.75) is 4.90 Å². The number of carbonyl (C=O) groups is 1. The molecule has 3 rings (SSSR count). The van der Waals surface area contributed by atoms with Gasteiger partial charge in [-0.15, -0.1) is 0 Å². The van der Waals surface area contributed by atoms with E-state index < -0.39 is 16.0 Å². The molecule has 3 aromatic rings. The van der Waals surface area contributed by atoms with Crippen molar-refractivity contribution in [2.75, 3.05) is 4.72 Å². The molecule has 0 heterocycles. The first-order chi connectivity index (χ1) is 12.9. The van der Waals surface area contributed by atoms with E-state index in [0.29, 0.717) is 17.1 Å². The van der Waals surface area contributed by atoms with Crippen LogP contribution in [-0.2, 0) is 10.0 Å². The average Bonchev–Trinajstić information content (AvgIpc) is 2.68. The van der Waals surface area contributed by atoms with Gasteiger partial charge in [0.25, 0.3) is 10.0 Å². The van der Waals surface area contributed by atoms with Crippen molar-refractivity contribution in [3.63, 3.8) is 0 Å². The largest absolute Gasteiger partial charge is 0.478 e. The summed E-state index contributed by atoms with van der Waals surface area (Å²) in [4.78, 5) is 10.9. The van der Waals surface area contributed by atoms with Crippen LogP contribution in [0.4, 0.5) is 17.1 Å². The van der Waals surface area contributed by atoms with E-state index in [9.17, 15) is 13.2 Å². The zero-order chi connectivity index (χ0) is 19.3. The van der Waals surface area contributed by atoms with Crippen molar-refractivity contribution in [3.8, 4) is 0 Å². The molecule has 0 saturated carbocycles. The van der Waals surface area contributed by atoms with E-state index in [0.717, 1.165) is 6.07 Å². The fourth-order valence-corrected chi connectivity index (χ4v) is 3.32. The van der Waals surface area contributed by atoms with E-state index in [1.165, 1.54) is 18.2 Å².